The number of carbonyl (C=O) groups excluding carboxylic acids is 1. The zero-order valence-electron chi connectivity index (χ0n) is 19.0. The molecule has 11 heteroatoms. The number of carbonyl (C=O) groups is 1. The van der Waals surface area contributed by atoms with E-state index in [1.807, 2.05) is 6.92 Å². The second-order valence-corrected chi connectivity index (χ2v) is 9.26. The van der Waals surface area contributed by atoms with E-state index in [9.17, 15) is 18.0 Å². The van der Waals surface area contributed by atoms with E-state index in [1.54, 1.807) is 30.3 Å². The predicted molar refractivity (Wildman–Crippen MR) is 118 cm³/mol. The minimum Gasteiger partial charge on any atom is -0.379 e. The van der Waals surface area contributed by atoms with Crippen molar-refractivity contribution in [2.45, 2.75) is 57.0 Å². The number of amides is 2. The van der Waals surface area contributed by atoms with Gasteiger partial charge in [0.1, 0.15) is 5.82 Å². The quantitative estimate of drug-likeness (QED) is 0.597. The molecule has 1 aliphatic heterocycles. The Labute approximate surface area is 194 Å². The lowest BCUT2D eigenvalue weighted by Gasteiger charge is -2.65. The van der Waals surface area contributed by atoms with Gasteiger partial charge < -0.3 is 9.64 Å². The summed E-state index contributed by atoms with van der Waals surface area (Å²) >= 11 is 0. The molecule has 0 radical (unpaired) electrons. The molecule has 3 aromatic heterocycles. The zero-order chi connectivity index (χ0) is 24.3. The highest BCUT2D eigenvalue weighted by Crippen LogP contribution is 2.52. The molecule has 2 aliphatic rings. The molecule has 4 unspecified atom stereocenters. The predicted octanol–water partition coefficient (Wildman–Crippen LogP) is 4.62. The topological polar surface area (TPSA) is 84.7 Å². The van der Waals surface area contributed by atoms with Crippen molar-refractivity contribution in [1.29, 1.82) is 0 Å². The van der Waals surface area contributed by atoms with E-state index < -0.39 is 23.3 Å². The first kappa shape index (κ1) is 22.6. The van der Waals surface area contributed by atoms with Gasteiger partial charge in [0, 0.05) is 31.1 Å². The van der Waals surface area contributed by atoms with Crippen molar-refractivity contribution in [1.82, 2.24) is 24.5 Å². The van der Waals surface area contributed by atoms with Crippen LogP contribution in [0.1, 0.15) is 38.7 Å². The Bertz CT molecular complexity index is 1240. The molecule has 4 atom stereocenters. The number of ether oxygens (including phenoxy) is 1. The van der Waals surface area contributed by atoms with Gasteiger partial charge in [-0.05, 0) is 50.3 Å². The summed E-state index contributed by atoms with van der Waals surface area (Å²) in [6.07, 6.45) is 1.47. The van der Waals surface area contributed by atoms with E-state index >= 15 is 0 Å². The second-order valence-electron chi connectivity index (χ2n) is 9.26. The molecule has 2 fully saturated rings. The normalized spacial score (nSPS) is 25.2. The molecule has 4 heterocycles. The number of piperidine rings is 1. The molecule has 8 nitrogen and oxygen atoms in total. The van der Waals surface area contributed by atoms with E-state index in [0.717, 1.165) is 19.3 Å². The van der Waals surface area contributed by atoms with Crippen LogP contribution in [0, 0.1) is 5.92 Å². The summed E-state index contributed by atoms with van der Waals surface area (Å²) in [5.41, 5.74) is -1.02. The molecule has 3 aromatic rings. The van der Waals surface area contributed by atoms with Gasteiger partial charge in [0.2, 0.25) is 0 Å². The van der Waals surface area contributed by atoms with Crippen LogP contribution in [0.4, 0.5) is 23.8 Å². The van der Waals surface area contributed by atoms with Gasteiger partial charge in [0.05, 0.1) is 28.9 Å². The molecule has 34 heavy (non-hydrogen) atoms. The van der Waals surface area contributed by atoms with Gasteiger partial charge in [-0.15, -0.1) is 5.10 Å². The van der Waals surface area contributed by atoms with Crippen LogP contribution < -0.4 is 5.32 Å². The van der Waals surface area contributed by atoms with Crippen molar-refractivity contribution in [2.24, 2.45) is 5.92 Å². The van der Waals surface area contributed by atoms with Gasteiger partial charge in [-0.1, -0.05) is 6.92 Å². The van der Waals surface area contributed by atoms with Crippen molar-refractivity contribution in [2.75, 3.05) is 12.4 Å². The number of rotatable bonds is 4. The van der Waals surface area contributed by atoms with Crippen molar-refractivity contribution < 1.29 is 22.7 Å². The molecule has 180 valence electrons. The second kappa shape index (κ2) is 7.93. The van der Waals surface area contributed by atoms with Crippen molar-refractivity contribution in [3.05, 3.63) is 42.4 Å². The summed E-state index contributed by atoms with van der Waals surface area (Å²) in [5, 5.41) is 6.90. The van der Waals surface area contributed by atoms with Gasteiger partial charge in [-0.25, -0.2) is 19.3 Å². The number of halogens is 3. The number of fused-ring (bicyclic) bond motifs is 3. The highest BCUT2D eigenvalue weighted by atomic mass is 19.4. The SMILES string of the molecule is COC(C)C12CC(C)CC(C1)N2C(=O)Nc1cc(-c2ncc3cccn3n2)c(C(F)(F)F)cn1. The van der Waals surface area contributed by atoms with Crippen LogP contribution in [-0.2, 0) is 10.9 Å². The molecule has 2 bridgehead atoms. The maximum absolute atomic E-state index is 13.7. The number of aromatic nitrogens is 4. The molecule has 1 aliphatic carbocycles. The van der Waals surface area contributed by atoms with Crippen molar-refractivity contribution in [3.8, 4) is 11.4 Å². The fraction of sp³-hybridized carbons (Fsp3) is 0.478. The average Bonchev–Trinajstić information content (AvgIpc) is 3.25. The Morgan fingerprint density at radius 3 is 2.82 bits per heavy atom. The smallest absolute Gasteiger partial charge is 0.379 e. The average molecular weight is 474 g/mol. The monoisotopic (exact) mass is 474 g/mol. The Hall–Kier alpha value is -3.21. The molecule has 1 saturated carbocycles. The number of likely N-dealkylation sites (tertiary alicyclic amines) is 1. The molecule has 0 spiro atoms. The Morgan fingerprint density at radius 1 is 1.29 bits per heavy atom. The summed E-state index contributed by atoms with van der Waals surface area (Å²) in [6.45, 7) is 4.10. The number of urea groups is 1. The number of alkyl halides is 3. The molecule has 5 rings (SSSR count). The first-order valence-corrected chi connectivity index (χ1v) is 11.1. The molecular weight excluding hydrogens is 449 g/mol. The lowest BCUT2D eigenvalue weighted by atomic mass is 9.62. The lowest BCUT2D eigenvalue weighted by Crippen LogP contribution is -2.76. The highest BCUT2D eigenvalue weighted by molar-refractivity contribution is 5.91. The fourth-order valence-corrected chi connectivity index (χ4v) is 5.55. The Morgan fingerprint density at radius 2 is 2.09 bits per heavy atom. The maximum Gasteiger partial charge on any atom is 0.418 e. The van der Waals surface area contributed by atoms with Crippen LogP contribution in [0.15, 0.2) is 36.8 Å². The summed E-state index contributed by atoms with van der Waals surface area (Å²) in [7, 11) is 1.62. The molecule has 1 N–H and O–H groups in total. The summed E-state index contributed by atoms with van der Waals surface area (Å²) in [6, 6.07) is 4.31. The van der Waals surface area contributed by atoms with Crippen LogP contribution in [-0.4, -0.2) is 55.3 Å². The van der Waals surface area contributed by atoms with Gasteiger partial charge in [0.25, 0.3) is 0 Å². The minimum atomic E-state index is -4.66. The minimum absolute atomic E-state index is 0.00226. The van der Waals surface area contributed by atoms with Crippen LogP contribution in [0.2, 0.25) is 0 Å². The van der Waals surface area contributed by atoms with Gasteiger partial charge in [-0.3, -0.25) is 5.32 Å². The van der Waals surface area contributed by atoms with E-state index in [4.69, 9.17) is 4.74 Å². The van der Waals surface area contributed by atoms with Crippen LogP contribution in [0.25, 0.3) is 16.9 Å². The van der Waals surface area contributed by atoms with Crippen LogP contribution in [0.3, 0.4) is 0 Å². The van der Waals surface area contributed by atoms with Gasteiger partial charge >= 0.3 is 12.2 Å². The van der Waals surface area contributed by atoms with Gasteiger partial charge in [-0.2, -0.15) is 13.2 Å². The van der Waals surface area contributed by atoms with E-state index in [2.05, 4.69) is 27.3 Å². The number of anilines is 1. The standard InChI is InChI=1S/C23H25F3N6O2/c1-13-7-16-10-22(9-13,14(2)34-3)32(16)21(33)29-19-8-17(18(12-27-19)23(24,25)26)20-28-11-15-5-4-6-31(15)30-20/h4-6,8,11-14,16H,7,9-10H2,1-3H3,(H,27,29,33). The number of hydrogen-bond donors (Lipinski definition) is 1. The van der Waals surface area contributed by atoms with Crippen molar-refractivity contribution >= 4 is 17.4 Å². The highest BCUT2D eigenvalue weighted by Gasteiger charge is 2.61. The summed E-state index contributed by atoms with van der Waals surface area (Å²) in [4.78, 5) is 23.0. The Balaban J connectivity index is 1.48. The number of methoxy groups -OCH3 is 1. The largest absolute Gasteiger partial charge is 0.418 e. The van der Waals surface area contributed by atoms with Crippen LogP contribution in [0.5, 0.6) is 0 Å². The van der Waals surface area contributed by atoms with Crippen LogP contribution >= 0.6 is 0 Å². The first-order valence-electron chi connectivity index (χ1n) is 11.1. The lowest BCUT2D eigenvalue weighted by molar-refractivity contribution is -0.155. The third kappa shape index (κ3) is 3.58. The Kier molecular flexibility index (Phi) is 5.27. The molecular formula is C23H25F3N6O2. The first-order chi connectivity index (χ1) is 16.1. The van der Waals surface area contributed by atoms with Gasteiger partial charge in [0.15, 0.2) is 5.82 Å². The summed E-state index contributed by atoms with van der Waals surface area (Å²) < 4.78 is 48.2. The van der Waals surface area contributed by atoms with E-state index in [0.29, 0.717) is 17.6 Å². The van der Waals surface area contributed by atoms with Crippen molar-refractivity contribution in [3.63, 3.8) is 0 Å². The molecule has 1 saturated heterocycles. The molecule has 0 aromatic carbocycles. The van der Waals surface area contributed by atoms with E-state index in [1.165, 1.54) is 16.8 Å². The number of nitrogens with zero attached hydrogens (tertiary/aromatic N) is 5. The maximum atomic E-state index is 13.7. The zero-order valence-corrected chi connectivity index (χ0v) is 19.0. The number of nitrogens with one attached hydrogen (secondary N) is 1. The molecule has 2 amide bonds. The number of pyridine rings is 1. The number of hydrogen-bond acceptors (Lipinski definition) is 5. The third-order valence-electron chi connectivity index (χ3n) is 7.11. The summed E-state index contributed by atoms with van der Waals surface area (Å²) in [5.74, 6) is 0.340. The third-order valence-corrected chi connectivity index (χ3v) is 7.11. The van der Waals surface area contributed by atoms with E-state index in [-0.39, 0.29) is 29.4 Å². The fourth-order valence-electron chi connectivity index (χ4n) is 5.55.